The molecule has 0 aromatic heterocycles. The first-order chi connectivity index (χ1) is 15.8. The zero-order chi connectivity index (χ0) is 24.8. The Labute approximate surface area is 206 Å². The van der Waals surface area contributed by atoms with Crippen LogP contribution in [0.5, 0.6) is 0 Å². The Kier molecular flexibility index (Phi) is 5.70. The van der Waals surface area contributed by atoms with Gasteiger partial charge in [0.05, 0.1) is 17.6 Å². The monoisotopic (exact) mass is 472 g/mol. The van der Waals surface area contributed by atoms with Gasteiger partial charge in [-0.25, -0.2) is 0 Å². The molecular weight excluding hydrogens is 424 g/mol. The van der Waals surface area contributed by atoms with Gasteiger partial charge in [-0.3, -0.25) is 4.79 Å². The second-order valence-corrected chi connectivity index (χ2v) is 14.4. The van der Waals surface area contributed by atoms with Gasteiger partial charge in [-0.2, -0.15) is 0 Å². The summed E-state index contributed by atoms with van der Waals surface area (Å²) in [7, 11) is 0. The van der Waals surface area contributed by atoms with Crippen LogP contribution in [-0.4, -0.2) is 33.5 Å². The van der Waals surface area contributed by atoms with Crippen molar-refractivity contribution in [2.45, 2.75) is 118 Å². The molecule has 3 saturated carbocycles. The predicted octanol–water partition coefficient (Wildman–Crippen LogP) is 6.20. The van der Waals surface area contributed by atoms with Gasteiger partial charge in [-0.15, -0.1) is 0 Å². The largest absolute Gasteiger partial charge is 0.481 e. The molecule has 34 heavy (non-hydrogen) atoms. The molecule has 0 heterocycles. The molecule has 192 valence electrons. The summed E-state index contributed by atoms with van der Waals surface area (Å²) in [6, 6.07) is 0. The molecule has 0 spiro atoms. The Hall–Kier alpha value is -0.870. The third-order valence-electron chi connectivity index (χ3n) is 12.8. The number of aliphatic hydroxyl groups is 2. The molecule has 0 bridgehead atoms. The summed E-state index contributed by atoms with van der Waals surface area (Å²) < 4.78 is 0. The lowest BCUT2D eigenvalue weighted by molar-refractivity contribution is -0.170. The van der Waals surface area contributed by atoms with E-state index < -0.39 is 17.5 Å². The lowest BCUT2D eigenvalue weighted by atomic mass is 9.40. The smallest absolute Gasteiger partial charge is 0.310 e. The SMILES string of the molecule is C[C@H]1[C@H](C)CC[C@]2(C(=O)O)CCC3=C(C[C@@H](O)C[C@@H]4[C@@]5(C)CC[C@H](O)C(C)(C)[C@@H]5CC[C@@]34C)[C@H]12. The molecule has 3 fully saturated rings. The van der Waals surface area contributed by atoms with Crippen molar-refractivity contribution in [1.29, 1.82) is 0 Å². The molecule has 0 unspecified atom stereocenters. The number of hydrogen-bond donors (Lipinski definition) is 3. The maximum Gasteiger partial charge on any atom is 0.310 e. The summed E-state index contributed by atoms with van der Waals surface area (Å²) in [5.41, 5.74) is 2.20. The van der Waals surface area contributed by atoms with E-state index in [0.29, 0.717) is 30.1 Å². The maximum absolute atomic E-state index is 12.8. The standard InChI is InChI=1S/C30H48O4/c1-17-7-13-30(26(33)34)14-8-21-20(25(30)18(17)2)15-19(31)16-23-28(21,5)11-9-22-27(3,4)24(32)10-12-29(22,23)6/h17-19,22-25,31-32H,7-16H2,1-6H3,(H,33,34)/t17-,18+,19-,22+,23+,24+,25+,28+,29+,30+/m1/s1. The molecule has 0 saturated heterocycles. The summed E-state index contributed by atoms with van der Waals surface area (Å²) in [5.74, 6) is 1.12. The van der Waals surface area contributed by atoms with E-state index in [1.54, 1.807) is 0 Å². The van der Waals surface area contributed by atoms with Crippen LogP contribution in [0.3, 0.4) is 0 Å². The van der Waals surface area contributed by atoms with E-state index >= 15 is 0 Å². The molecule has 0 aliphatic heterocycles. The zero-order valence-corrected chi connectivity index (χ0v) is 22.4. The van der Waals surface area contributed by atoms with Crippen molar-refractivity contribution in [2.75, 3.05) is 0 Å². The van der Waals surface area contributed by atoms with Crippen LogP contribution in [0.25, 0.3) is 0 Å². The molecule has 4 nitrogen and oxygen atoms in total. The highest BCUT2D eigenvalue weighted by Gasteiger charge is 2.64. The summed E-state index contributed by atoms with van der Waals surface area (Å²) in [4.78, 5) is 12.8. The Bertz CT molecular complexity index is 890. The number of carboxylic acids is 1. The van der Waals surface area contributed by atoms with Gasteiger partial charge in [-0.05, 0) is 110 Å². The Morgan fingerprint density at radius 1 is 0.912 bits per heavy atom. The van der Waals surface area contributed by atoms with Crippen LogP contribution in [0.4, 0.5) is 0 Å². The minimum Gasteiger partial charge on any atom is -0.481 e. The van der Waals surface area contributed by atoms with Crippen molar-refractivity contribution >= 4 is 5.97 Å². The van der Waals surface area contributed by atoms with Gasteiger partial charge in [0.25, 0.3) is 0 Å². The summed E-state index contributed by atoms with van der Waals surface area (Å²) in [5, 5.41) is 32.9. The molecule has 5 aliphatic rings. The predicted molar refractivity (Wildman–Crippen MR) is 134 cm³/mol. The van der Waals surface area contributed by atoms with Gasteiger partial charge in [0.2, 0.25) is 0 Å². The number of allylic oxidation sites excluding steroid dienone is 1. The normalized spacial score (nSPS) is 52.5. The van der Waals surface area contributed by atoms with E-state index in [-0.39, 0.29) is 28.3 Å². The Balaban J connectivity index is 1.64. The number of rotatable bonds is 1. The van der Waals surface area contributed by atoms with Crippen molar-refractivity contribution < 1.29 is 20.1 Å². The highest BCUT2D eigenvalue weighted by atomic mass is 16.4. The van der Waals surface area contributed by atoms with Gasteiger partial charge in [0.1, 0.15) is 0 Å². The molecule has 3 N–H and O–H groups in total. The molecule has 4 heteroatoms. The van der Waals surface area contributed by atoms with Crippen molar-refractivity contribution in [2.24, 2.45) is 51.2 Å². The summed E-state index contributed by atoms with van der Waals surface area (Å²) in [6.07, 6.45) is 8.27. The Morgan fingerprint density at radius 2 is 1.62 bits per heavy atom. The van der Waals surface area contributed by atoms with E-state index in [1.165, 1.54) is 11.1 Å². The fourth-order valence-electron chi connectivity index (χ4n) is 10.7. The molecule has 0 amide bonds. The molecule has 0 aromatic rings. The van der Waals surface area contributed by atoms with Crippen LogP contribution in [0.15, 0.2) is 11.1 Å². The topological polar surface area (TPSA) is 77.8 Å². The Morgan fingerprint density at radius 3 is 2.29 bits per heavy atom. The van der Waals surface area contributed by atoms with Crippen LogP contribution in [0, 0.1) is 51.2 Å². The van der Waals surface area contributed by atoms with E-state index in [0.717, 1.165) is 57.8 Å². The number of hydrogen-bond acceptors (Lipinski definition) is 3. The van der Waals surface area contributed by atoms with Crippen molar-refractivity contribution in [1.82, 2.24) is 0 Å². The van der Waals surface area contributed by atoms with Gasteiger partial charge < -0.3 is 15.3 Å². The van der Waals surface area contributed by atoms with Gasteiger partial charge in [0.15, 0.2) is 0 Å². The van der Waals surface area contributed by atoms with Crippen LogP contribution < -0.4 is 0 Å². The average molecular weight is 473 g/mol. The van der Waals surface area contributed by atoms with Crippen LogP contribution in [0.1, 0.15) is 106 Å². The number of carbonyl (C=O) groups is 1. The molecule has 10 atom stereocenters. The fraction of sp³-hybridized carbons (Fsp3) is 0.900. The van der Waals surface area contributed by atoms with E-state index in [4.69, 9.17) is 0 Å². The van der Waals surface area contributed by atoms with Crippen molar-refractivity contribution in [3.8, 4) is 0 Å². The minimum absolute atomic E-state index is 0.0154. The van der Waals surface area contributed by atoms with Crippen LogP contribution >= 0.6 is 0 Å². The average Bonchev–Trinajstić information content (AvgIpc) is 2.87. The third-order valence-corrected chi connectivity index (χ3v) is 12.8. The third kappa shape index (κ3) is 3.12. The molecule has 0 aromatic carbocycles. The highest BCUT2D eigenvalue weighted by molar-refractivity contribution is 5.76. The number of fused-ring (bicyclic) bond motifs is 6. The van der Waals surface area contributed by atoms with E-state index in [1.807, 2.05) is 0 Å². The molecule has 0 radical (unpaired) electrons. The molecular formula is C30H48O4. The molecule has 5 rings (SSSR count). The summed E-state index contributed by atoms with van der Waals surface area (Å²) >= 11 is 0. The van der Waals surface area contributed by atoms with E-state index in [2.05, 4.69) is 41.5 Å². The highest BCUT2D eigenvalue weighted by Crippen LogP contribution is 2.70. The summed E-state index contributed by atoms with van der Waals surface area (Å²) in [6.45, 7) is 14.0. The van der Waals surface area contributed by atoms with Crippen LogP contribution in [0.2, 0.25) is 0 Å². The first-order valence-electron chi connectivity index (χ1n) is 14.1. The number of carboxylic acid groups (broad SMARTS) is 1. The first kappa shape index (κ1) is 24.8. The van der Waals surface area contributed by atoms with Gasteiger partial charge >= 0.3 is 5.97 Å². The number of aliphatic carboxylic acids is 1. The second kappa shape index (κ2) is 7.81. The van der Waals surface area contributed by atoms with Gasteiger partial charge in [0, 0.05) is 0 Å². The quantitative estimate of drug-likeness (QED) is 0.397. The lowest BCUT2D eigenvalue weighted by Crippen LogP contribution is -2.59. The van der Waals surface area contributed by atoms with Crippen molar-refractivity contribution in [3.05, 3.63) is 11.1 Å². The lowest BCUT2D eigenvalue weighted by Gasteiger charge is -2.64. The minimum atomic E-state index is -0.654. The van der Waals surface area contributed by atoms with Gasteiger partial charge in [-0.1, -0.05) is 52.7 Å². The second-order valence-electron chi connectivity index (χ2n) is 14.4. The van der Waals surface area contributed by atoms with Crippen LogP contribution in [-0.2, 0) is 4.79 Å². The molecule has 5 aliphatic carbocycles. The maximum atomic E-state index is 12.8. The van der Waals surface area contributed by atoms with Crippen molar-refractivity contribution in [3.63, 3.8) is 0 Å². The number of aliphatic hydroxyl groups excluding tert-OH is 2. The van der Waals surface area contributed by atoms with E-state index in [9.17, 15) is 20.1 Å². The zero-order valence-electron chi connectivity index (χ0n) is 22.4. The first-order valence-corrected chi connectivity index (χ1v) is 14.1. The fourth-order valence-corrected chi connectivity index (χ4v) is 10.7.